The Morgan fingerprint density at radius 3 is 2.80 bits per heavy atom. The summed E-state index contributed by atoms with van der Waals surface area (Å²) >= 11 is 0. The molecule has 1 N–H and O–H groups in total. The number of hydrogen-bond acceptors (Lipinski definition) is 2. The average Bonchev–Trinajstić information content (AvgIpc) is 2.18. The highest BCUT2D eigenvalue weighted by molar-refractivity contribution is 5.48. The van der Waals surface area contributed by atoms with Crippen LogP contribution in [0.15, 0.2) is 18.2 Å². The molecule has 0 aliphatic carbocycles. The molecule has 0 aromatic heterocycles. The van der Waals surface area contributed by atoms with Crippen molar-refractivity contribution in [3.63, 3.8) is 0 Å². The Morgan fingerprint density at radius 2 is 2.27 bits per heavy atom. The van der Waals surface area contributed by atoms with Crippen LogP contribution in [0.5, 0.6) is 0 Å². The first-order valence-electron chi connectivity index (χ1n) is 5.13. The molecule has 1 rings (SSSR count). The highest BCUT2D eigenvalue weighted by atomic mass is 19.1. The monoisotopic (exact) mass is 206 g/mol. The van der Waals surface area contributed by atoms with E-state index in [1.165, 1.54) is 12.1 Å². The molecule has 80 valence electrons. The van der Waals surface area contributed by atoms with E-state index in [-0.39, 0.29) is 5.56 Å². The molecule has 0 fully saturated rings. The van der Waals surface area contributed by atoms with Gasteiger partial charge >= 0.3 is 0 Å². The molecule has 0 spiro atoms. The molecular weight excluding hydrogens is 191 g/mol. The van der Waals surface area contributed by atoms with Crippen LogP contribution in [0.1, 0.15) is 32.3 Å². The highest BCUT2D eigenvalue weighted by Crippen LogP contribution is 2.15. The largest absolute Gasteiger partial charge is 0.383 e. The van der Waals surface area contributed by atoms with Crippen molar-refractivity contribution in [2.24, 2.45) is 0 Å². The van der Waals surface area contributed by atoms with Gasteiger partial charge in [0.1, 0.15) is 11.9 Å². The summed E-state index contributed by atoms with van der Waals surface area (Å²) in [5, 5.41) is 11.8. The maximum Gasteiger partial charge on any atom is 0.143 e. The molecule has 0 amide bonds. The first-order chi connectivity index (χ1) is 7.17. The number of nitrogens with one attached hydrogen (secondary N) is 1. The van der Waals surface area contributed by atoms with Gasteiger partial charge < -0.3 is 5.32 Å². The van der Waals surface area contributed by atoms with Crippen LogP contribution < -0.4 is 5.32 Å². The Labute approximate surface area is 89.7 Å². The molecule has 15 heavy (non-hydrogen) atoms. The summed E-state index contributed by atoms with van der Waals surface area (Å²) in [5.41, 5.74) is 0.816. The van der Waals surface area contributed by atoms with Crippen molar-refractivity contribution >= 4 is 5.69 Å². The Bertz CT molecular complexity index is 368. The summed E-state index contributed by atoms with van der Waals surface area (Å²) in [4.78, 5) is 0. The molecule has 3 heteroatoms. The summed E-state index contributed by atoms with van der Waals surface area (Å²) in [6.45, 7) is 4.16. The lowest BCUT2D eigenvalue weighted by Crippen LogP contribution is -2.14. The van der Waals surface area contributed by atoms with Crippen LogP contribution in [-0.2, 0) is 0 Å². The van der Waals surface area contributed by atoms with E-state index in [1.54, 1.807) is 12.1 Å². The van der Waals surface area contributed by atoms with E-state index < -0.39 is 5.82 Å². The first kappa shape index (κ1) is 11.5. The molecule has 1 unspecified atom stereocenters. The minimum atomic E-state index is -0.466. The van der Waals surface area contributed by atoms with E-state index in [2.05, 4.69) is 19.2 Å². The average molecular weight is 206 g/mol. The minimum absolute atomic E-state index is 0.0868. The number of halogens is 1. The van der Waals surface area contributed by atoms with Crippen molar-refractivity contribution in [1.29, 1.82) is 5.26 Å². The van der Waals surface area contributed by atoms with Crippen molar-refractivity contribution in [3.8, 4) is 6.07 Å². The molecule has 0 saturated heterocycles. The third kappa shape index (κ3) is 3.25. The second-order valence-corrected chi connectivity index (χ2v) is 3.64. The fraction of sp³-hybridized carbons (Fsp3) is 0.417. The maximum absolute atomic E-state index is 13.2. The fourth-order valence-electron chi connectivity index (χ4n) is 1.49. The molecular formula is C12H15FN2. The van der Waals surface area contributed by atoms with E-state index in [1.807, 2.05) is 0 Å². The van der Waals surface area contributed by atoms with Gasteiger partial charge in [-0.3, -0.25) is 0 Å². The van der Waals surface area contributed by atoms with Gasteiger partial charge in [0.05, 0.1) is 5.56 Å². The number of nitriles is 1. The van der Waals surface area contributed by atoms with E-state index in [4.69, 9.17) is 5.26 Å². The third-order valence-corrected chi connectivity index (χ3v) is 2.22. The van der Waals surface area contributed by atoms with Gasteiger partial charge in [0, 0.05) is 11.7 Å². The van der Waals surface area contributed by atoms with Crippen LogP contribution in [0.25, 0.3) is 0 Å². The smallest absolute Gasteiger partial charge is 0.143 e. The number of rotatable bonds is 4. The topological polar surface area (TPSA) is 35.8 Å². The van der Waals surface area contributed by atoms with Gasteiger partial charge in [-0.15, -0.1) is 0 Å². The molecule has 0 heterocycles. The zero-order valence-electron chi connectivity index (χ0n) is 9.05. The highest BCUT2D eigenvalue weighted by Gasteiger charge is 2.04. The number of nitrogens with zero attached hydrogens (tertiary/aromatic N) is 1. The minimum Gasteiger partial charge on any atom is -0.383 e. The molecule has 2 nitrogen and oxygen atoms in total. The lowest BCUT2D eigenvalue weighted by Gasteiger charge is -2.14. The van der Waals surface area contributed by atoms with Crippen LogP contribution in [-0.4, -0.2) is 6.04 Å². The summed E-state index contributed by atoms with van der Waals surface area (Å²) < 4.78 is 13.2. The third-order valence-electron chi connectivity index (χ3n) is 2.22. The molecule has 0 radical (unpaired) electrons. The zero-order valence-corrected chi connectivity index (χ0v) is 9.05. The van der Waals surface area contributed by atoms with Crippen molar-refractivity contribution < 1.29 is 4.39 Å². The normalized spacial score (nSPS) is 11.9. The summed E-state index contributed by atoms with van der Waals surface area (Å²) in [6, 6.07) is 6.71. The standard InChI is InChI=1S/C12H15FN2/c1-3-4-9(2)15-11-6-5-10(8-14)12(13)7-11/h5-7,9,15H,3-4H2,1-2H3. The van der Waals surface area contributed by atoms with Crippen molar-refractivity contribution in [3.05, 3.63) is 29.6 Å². The molecule has 0 aliphatic heterocycles. The van der Waals surface area contributed by atoms with Gasteiger partial charge in [-0.1, -0.05) is 13.3 Å². The Balaban J connectivity index is 2.72. The second-order valence-electron chi connectivity index (χ2n) is 3.64. The molecule has 1 aromatic rings. The first-order valence-corrected chi connectivity index (χ1v) is 5.13. The second kappa shape index (κ2) is 5.35. The molecule has 0 bridgehead atoms. The van der Waals surface area contributed by atoms with Crippen molar-refractivity contribution in [2.75, 3.05) is 5.32 Å². The Kier molecular flexibility index (Phi) is 4.11. The van der Waals surface area contributed by atoms with E-state index in [0.717, 1.165) is 18.5 Å². The Morgan fingerprint density at radius 1 is 1.53 bits per heavy atom. The van der Waals surface area contributed by atoms with Crippen LogP contribution >= 0.6 is 0 Å². The van der Waals surface area contributed by atoms with E-state index in [0.29, 0.717) is 6.04 Å². The molecule has 0 aliphatic rings. The summed E-state index contributed by atoms with van der Waals surface area (Å²) in [5.74, 6) is -0.466. The van der Waals surface area contributed by atoms with Crippen LogP contribution in [0.4, 0.5) is 10.1 Å². The number of anilines is 1. The van der Waals surface area contributed by atoms with Crippen molar-refractivity contribution in [1.82, 2.24) is 0 Å². The van der Waals surface area contributed by atoms with Crippen LogP contribution in [0, 0.1) is 17.1 Å². The van der Waals surface area contributed by atoms with Crippen LogP contribution in [0.3, 0.4) is 0 Å². The summed E-state index contributed by atoms with van der Waals surface area (Å²) in [7, 11) is 0. The van der Waals surface area contributed by atoms with Gasteiger partial charge in [0.25, 0.3) is 0 Å². The fourth-order valence-corrected chi connectivity index (χ4v) is 1.49. The van der Waals surface area contributed by atoms with Gasteiger partial charge in [-0.2, -0.15) is 5.26 Å². The lowest BCUT2D eigenvalue weighted by atomic mass is 10.1. The van der Waals surface area contributed by atoms with Gasteiger partial charge in [0.15, 0.2) is 0 Å². The molecule has 0 saturated carbocycles. The predicted molar refractivity (Wildman–Crippen MR) is 59.1 cm³/mol. The number of benzene rings is 1. The van der Waals surface area contributed by atoms with Crippen molar-refractivity contribution in [2.45, 2.75) is 32.7 Å². The van der Waals surface area contributed by atoms with Crippen LogP contribution in [0.2, 0.25) is 0 Å². The lowest BCUT2D eigenvalue weighted by molar-refractivity contribution is 0.623. The Hall–Kier alpha value is -1.56. The van der Waals surface area contributed by atoms with E-state index in [9.17, 15) is 4.39 Å². The van der Waals surface area contributed by atoms with Gasteiger partial charge in [-0.05, 0) is 31.5 Å². The summed E-state index contributed by atoms with van der Waals surface area (Å²) in [6.07, 6.45) is 2.13. The SMILES string of the molecule is CCCC(C)Nc1ccc(C#N)c(F)c1. The quantitative estimate of drug-likeness (QED) is 0.820. The zero-order chi connectivity index (χ0) is 11.3. The van der Waals surface area contributed by atoms with Gasteiger partial charge in [0.2, 0.25) is 0 Å². The molecule has 1 atom stereocenters. The molecule has 1 aromatic carbocycles. The van der Waals surface area contributed by atoms with E-state index >= 15 is 0 Å². The number of hydrogen-bond donors (Lipinski definition) is 1. The predicted octanol–water partition coefficient (Wildman–Crippen LogP) is 3.30. The maximum atomic E-state index is 13.2. The van der Waals surface area contributed by atoms with Gasteiger partial charge in [-0.25, -0.2) is 4.39 Å².